The monoisotopic (exact) mass is 1020 g/mol. The maximum Gasteiger partial charge on any atom is 0.306 e. The van der Waals surface area contributed by atoms with E-state index in [-0.39, 0.29) is 31.1 Å². The first-order chi connectivity index (χ1) is 36.0. The highest BCUT2D eigenvalue weighted by molar-refractivity contribution is 5.71. The van der Waals surface area contributed by atoms with Crippen LogP contribution in [0, 0.1) is 0 Å². The number of carbonyl (C=O) groups is 3. The van der Waals surface area contributed by atoms with E-state index in [1.807, 2.05) is 0 Å². The molecule has 0 aromatic heterocycles. The van der Waals surface area contributed by atoms with Gasteiger partial charge in [-0.15, -0.1) is 0 Å². The van der Waals surface area contributed by atoms with Crippen LogP contribution in [0.15, 0.2) is 72.9 Å². The lowest BCUT2D eigenvalue weighted by atomic mass is 10.0. The van der Waals surface area contributed by atoms with Gasteiger partial charge in [-0.1, -0.05) is 267 Å². The summed E-state index contributed by atoms with van der Waals surface area (Å²) >= 11 is 0. The summed E-state index contributed by atoms with van der Waals surface area (Å²) in [5.41, 5.74) is 0. The van der Waals surface area contributed by atoms with Gasteiger partial charge in [-0.25, -0.2) is 0 Å². The summed E-state index contributed by atoms with van der Waals surface area (Å²) in [6.07, 6.45) is 79.2. The van der Waals surface area contributed by atoms with Crippen LogP contribution in [-0.2, 0) is 28.6 Å². The van der Waals surface area contributed by atoms with E-state index in [4.69, 9.17) is 14.2 Å². The summed E-state index contributed by atoms with van der Waals surface area (Å²) in [5.74, 6) is -0.900. The van der Waals surface area contributed by atoms with Gasteiger partial charge >= 0.3 is 17.9 Å². The molecule has 0 saturated heterocycles. The molecule has 0 aliphatic rings. The van der Waals surface area contributed by atoms with E-state index in [2.05, 4.69) is 93.7 Å². The average Bonchev–Trinajstić information content (AvgIpc) is 3.39. The molecule has 0 aromatic rings. The Morgan fingerprint density at radius 2 is 0.548 bits per heavy atom. The molecule has 0 bridgehead atoms. The van der Waals surface area contributed by atoms with E-state index in [0.717, 1.165) is 109 Å². The molecule has 0 heterocycles. The Bertz CT molecular complexity index is 1360. The molecule has 6 nitrogen and oxygen atoms in total. The van der Waals surface area contributed by atoms with Gasteiger partial charge in [0.2, 0.25) is 0 Å². The van der Waals surface area contributed by atoms with Gasteiger partial charge in [-0.3, -0.25) is 14.4 Å². The van der Waals surface area contributed by atoms with Crippen LogP contribution in [-0.4, -0.2) is 37.2 Å². The molecule has 1 atom stereocenters. The number of ether oxygens (including phenoxy) is 3. The van der Waals surface area contributed by atoms with Gasteiger partial charge in [0.15, 0.2) is 6.10 Å². The SMILES string of the molecule is CC/C=C\C/C=C\C/C=C\CCCCCCCC(=O)OC(COC(=O)CCCCCCC/C=C\CCCC)COC(=O)CCCCCCCCCCCCCCCCCCC/C=C\C/C=C\CCCCCCC. The Morgan fingerprint density at radius 1 is 0.288 bits per heavy atom. The van der Waals surface area contributed by atoms with Gasteiger partial charge < -0.3 is 14.2 Å². The van der Waals surface area contributed by atoms with Gasteiger partial charge in [0.05, 0.1) is 0 Å². The number of esters is 3. The molecule has 6 heteroatoms. The summed E-state index contributed by atoms with van der Waals surface area (Å²) in [4.78, 5) is 38.2. The first-order valence-electron chi connectivity index (χ1n) is 31.4. The lowest BCUT2D eigenvalue weighted by Crippen LogP contribution is -2.30. The quantitative estimate of drug-likeness (QED) is 0.0261. The Labute approximate surface area is 453 Å². The summed E-state index contributed by atoms with van der Waals surface area (Å²) < 4.78 is 16.9. The molecule has 0 rings (SSSR count). The van der Waals surface area contributed by atoms with Crippen LogP contribution in [0.2, 0.25) is 0 Å². The zero-order chi connectivity index (χ0) is 52.9. The minimum atomic E-state index is -0.787. The van der Waals surface area contributed by atoms with Crippen molar-refractivity contribution in [2.24, 2.45) is 0 Å². The smallest absolute Gasteiger partial charge is 0.306 e. The largest absolute Gasteiger partial charge is 0.462 e. The van der Waals surface area contributed by atoms with Crippen molar-refractivity contribution in [1.82, 2.24) is 0 Å². The average molecular weight is 1020 g/mol. The van der Waals surface area contributed by atoms with Gasteiger partial charge in [0.25, 0.3) is 0 Å². The van der Waals surface area contributed by atoms with Crippen LogP contribution in [0.1, 0.15) is 316 Å². The molecule has 0 spiro atoms. The maximum absolute atomic E-state index is 12.8. The highest BCUT2D eigenvalue weighted by atomic mass is 16.6. The van der Waals surface area contributed by atoms with Crippen LogP contribution in [0.3, 0.4) is 0 Å². The summed E-state index contributed by atoms with van der Waals surface area (Å²) in [5, 5.41) is 0. The molecule has 0 amide bonds. The van der Waals surface area contributed by atoms with Crippen LogP contribution in [0.5, 0.6) is 0 Å². The van der Waals surface area contributed by atoms with Crippen molar-refractivity contribution in [1.29, 1.82) is 0 Å². The minimum absolute atomic E-state index is 0.0831. The highest BCUT2D eigenvalue weighted by Gasteiger charge is 2.19. The topological polar surface area (TPSA) is 78.9 Å². The fourth-order valence-electron chi connectivity index (χ4n) is 8.94. The standard InChI is InChI=1S/C67H118O6/c1-4-7-10-13-16-19-22-24-26-27-28-29-30-31-32-33-34-35-36-37-38-39-41-42-45-48-51-54-57-60-66(69)72-63-64(62-71-65(68)59-56-53-50-47-44-21-18-15-12-9-6-3)73-67(70)61-58-55-52-49-46-43-40-25-23-20-17-14-11-8-5-2/h8,11,15,17-18,20,22,24-25,27-28,40,64H,4-7,9-10,12-14,16,19,21,23,26,29-39,41-63H2,1-3H3/b11-8-,18-15-,20-17-,24-22-,28-27-,40-25-. The summed E-state index contributed by atoms with van der Waals surface area (Å²) in [7, 11) is 0. The van der Waals surface area contributed by atoms with E-state index in [1.54, 1.807) is 0 Å². The van der Waals surface area contributed by atoms with E-state index in [1.165, 1.54) is 167 Å². The first-order valence-corrected chi connectivity index (χ1v) is 31.4. The third kappa shape index (κ3) is 59.6. The number of allylic oxidation sites excluding steroid dienone is 12. The third-order valence-electron chi connectivity index (χ3n) is 13.7. The molecule has 0 aliphatic carbocycles. The fourth-order valence-corrected chi connectivity index (χ4v) is 8.94. The number of hydrogen-bond acceptors (Lipinski definition) is 6. The van der Waals surface area contributed by atoms with Gasteiger partial charge in [-0.2, -0.15) is 0 Å². The van der Waals surface area contributed by atoms with Crippen LogP contribution < -0.4 is 0 Å². The summed E-state index contributed by atoms with van der Waals surface area (Å²) in [6.45, 7) is 6.48. The van der Waals surface area contributed by atoms with Crippen LogP contribution in [0.4, 0.5) is 0 Å². The summed E-state index contributed by atoms with van der Waals surface area (Å²) in [6, 6.07) is 0. The second-order valence-electron chi connectivity index (χ2n) is 20.9. The normalized spacial score (nSPS) is 12.5. The number of hydrogen-bond donors (Lipinski definition) is 0. The van der Waals surface area contributed by atoms with E-state index < -0.39 is 6.10 Å². The first kappa shape index (κ1) is 69.8. The molecule has 0 fully saturated rings. The van der Waals surface area contributed by atoms with Gasteiger partial charge in [0.1, 0.15) is 13.2 Å². The predicted octanol–water partition coefficient (Wildman–Crippen LogP) is 21.3. The predicted molar refractivity (Wildman–Crippen MR) is 316 cm³/mol. The molecule has 0 radical (unpaired) electrons. The van der Waals surface area contributed by atoms with E-state index >= 15 is 0 Å². The number of carbonyl (C=O) groups excluding carboxylic acids is 3. The zero-order valence-corrected chi connectivity index (χ0v) is 48.4. The van der Waals surface area contributed by atoms with Crippen molar-refractivity contribution in [2.75, 3.05) is 13.2 Å². The Hall–Kier alpha value is -3.15. The molecule has 422 valence electrons. The maximum atomic E-state index is 12.8. The van der Waals surface area contributed by atoms with Gasteiger partial charge in [-0.05, 0) is 103 Å². The lowest BCUT2D eigenvalue weighted by molar-refractivity contribution is -0.167. The van der Waals surface area contributed by atoms with Crippen LogP contribution >= 0.6 is 0 Å². The van der Waals surface area contributed by atoms with Gasteiger partial charge in [0, 0.05) is 19.3 Å². The van der Waals surface area contributed by atoms with Crippen molar-refractivity contribution < 1.29 is 28.6 Å². The Morgan fingerprint density at radius 3 is 0.890 bits per heavy atom. The molecule has 0 saturated carbocycles. The Balaban J connectivity index is 4.16. The fraction of sp³-hybridized carbons (Fsp3) is 0.776. The van der Waals surface area contributed by atoms with Crippen molar-refractivity contribution in [3.8, 4) is 0 Å². The van der Waals surface area contributed by atoms with E-state index in [0.29, 0.717) is 19.3 Å². The van der Waals surface area contributed by atoms with Crippen molar-refractivity contribution >= 4 is 17.9 Å². The van der Waals surface area contributed by atoms with Crippen molar-refractivity contribution in [2.45, 2.75) is 322 Å². The highest BCUT2D eigenvalue weighted by Crippen LogP contribution is 2.17. The minimum Gasteiger partial charge on any atom is -0.462 e. The lowest BCUT2D eigenvalue weighted by Gasteiger charge is -2.18. The Kier molecular flexibility index (Phi) is 58.7. The number of rotatable bonds is 57. The molecular weight excluding hydrogens is 901 g/mol. The molecule has 0 aliphatic heterocycles. The molecule has 73 heavy (non-hydrogen) atoms. The van der Waals surface area contributed by atoms with Crippen molar-refractivity contribution in [3.05, 3.63) is 72.9 Å². The second-order valence-corrected chi connectivity index (χ2v) is 20.9. The van der Waals surface area contributed by atoms with E-state index in [9.17, 15) is 14.4 Å². The molecule has 0 aromatic carbocycles. The number of unbranched alkanes of at least 4 members (excludes halogenated alkanes) is 34. The van der Waals surface area contributed by atoms with Crippen LogP contribution in [0.25, 0.3) is 0 Å². The molecule has 0 N–H and O–H groups in total. The molecule has 1 unspecified atom stereocenters. The second kappa shape index (κ2) is 61.4. The molecular formula is C67H118O6. The third-order valence-corrected chi connectivity index (χ3v) is 13.7. The zero-order valence-electron chi connectivity index (χ0n) is 48.4. The van der Waals surface area contributed by atoms with Crippen molar-refractivity contribution in [3.63, 3.8) is 0 Å².